The molecule has 2 aromatic heterocycles. The normalized spacial score (nSPS) is 16.3. The van der Waals surface area contributed by atoms with Gasteiger partial charge in [0.1, 0.15) is 11.6 Å². The Balaban J connectivity index is 1.39. The molecule has 0 saturated heterocycles. The lowest BCUT2D eigenvalue weighted by Crippen LogP contribution is -2.11. The van der Waals surface area contributed by atoms with Gasteiger partial charge in [-0.05, 0) is 133 Å². The molecule has 320 valence electrons. The van der Waals surface area contributed by atoms with E-state index in [0.29, 0.717) is 28.2 Å². The fourth-order valence-electron chi connectivity index (χ4n) is 8.10. The lowest BCUT2D eigenvalue weighted by molar-refractivity contribution is 0.466. The Morgan fingerprint density at radius 3 is 2.00 bits per heavy atom. The van der Waals surface area contributed by atoms with E-state index in [1.54, 1.807) is 6.07 Å². The second-order valence-corrected chi connectivity index (χ2v) is 18.3. The molecule has 1 N–H and O–H groups in total. The molecule has 0 aliphatic carbocycles. The maximum atomic E-state index is 12.3. The summed E-state index contributed by atoms with van der Waals surface area (Å²) in [6, 6.07) is 31.2. The summed E-state index contributed by atoms with van der Waals surface area (Å²) < 4.78 is 122. The molecule has 6 aromatic carbocycles. The van der Waals surface area contributed by atoms with Gasteiger partial charge in [0.15, 0.2) is 0 Å². The van der Waals surface area contributed by atoms with Gasteiger partial charge in [0, 0.05) is 36.7 Å². The van der Waals surface area contributed by atoms with Gasteiger partial charge < -0.3 is 5.11 Å². The number of para-hydroxylation sites is 1. The summed E-state index contributed by atoms with van der Waals surface area (Å²) in [7, 11) is 0. The van der Waals surface area contributed by atoms with Crippen LogP contribution in [0.1, 0.15) is 148 Å². The van der Waals surface area contributed by atoms with E-state index >= 15 is 0 Å². The number of rotatable bonds is 9. The lowest BCUT2D eigenvalue weighted by atomic mass is 9.83. The van der Waals surface area contributed by atoms with Crippen molar-refractivity contribution in [1.82, 2.24) is 14.5 Å². The lowest BCUT2D eigenvalue weighted by Gasteiger charge is -2.22. The van der Waals surface area contributed by atoms with E-state index in [-0.39, 0.29) is 28.7 Å². The molecule has 0 spiro atoms. The van der Waals surface area contributed by atoms with Crippen molar-refractivity contribution in [2.75, 3.05) is 0 Å². The zero-order valence-corrected chi connectivity index (χ0v) is 37.4. The molecular formula is C59H63N3O. The van der Waals surface area contributed by atoms with Crippen molar-refractivity contribution < 1.29 is 24.3 Å². The SMILES string of the molecule is [2H]c1c([2H])c(C(C([2H])([2H])[2H])(C([2H])([2H])[2H])C([2H])([2H])[2H])c([2H])c([2H])c1-c1ccnc(-c2cc(-c3cccc4c3nc(-c3cc(C(C)C)cc(C(C)C)c3O)n4-c3ccc(-c4ccccc4)c(C([2H])(C)C)c3)cc(C(C)(C)C)c2)c1. The Bertz CT molecular complexity index is 3510. The first-order valence-corrected chi connectivity index (χ1v) is 21.4. The number of fused-ring (bicyclic) bond motifs is 1. The van der Waals surface area contributed by atoms with E-state index < -0.39 is 67.0 Å². The Hall–Kier alpha value is -6.26. The summed E-state index contributed by atoms with van der Waals surface area (Å²) >= 11 is 0. The van der Waals surface area contributed by atoms with E-state index in [1.807, 2.05) is 117 Å². The average Bonchev–Trinajstić information content (AvgIpc) is 3.85. The molecular weight excluding hydrogens is 767 g/mol. The van der Waals surface area contributed by atoms with Crippen molar-refractivity contribution >= 4 is 11.0 Å². The molecule has 0 amide bonds. The number of phenols is 1. The van der Waals surface area contributed by atoms with Crippen LogP contribution in [0.2, 0.25) is 0 Å². The van der Waals surface area contributed by atoms with Crippen LogP contribution in [0.25, 0.3) is 72.7 Å². The third kappa shape index (κ3) is 8.61. The molecule has 4 nitrogen and oxygen atoms in total. The first-order chi connectivity index (χ1) is 35.6. The zero-order chi connectivity index (χ0) is 56.9. The third-order valence-corrected chi connectivity index (χ3v) is 11.7. The van der Waals surface area contributed by atoms with Crippen molar-refractivity contribution in [3.63, 3.8) is 0 Å². The number of hydrogen-bond donors (Lipinski definition) is 1. The number of benzene rings is 6. The van der Waals surface area contributed by atoms with Gasteiger partial charge in [-0.25, -0.2) is 4.98 Å². The number of aromatic nitrogens is 3. The van der Waals surface area contributed by atoms with Crippen molar-refractivity contribution in [2.45, 2.75) is 111 Å². The standard InChI is InChI=1S/C59H63N3O/c1-36(2)42-32-51(38(5)6)56(63)52(33-42)57-61-55-49(19-16-20-54(55)62(57)47-25-26-48(50(35-47)37(3)4)40-17-14-13-15-18-40)43-29-44(31-46(30-43)59(10,11)12)53-34-41(27-28-60-53)39-21-23-45(24-22-39)58(7,8)9/h13-38,63H,1-12H3/i7D3,8D3,9D3,21D,22D,23D,24D,37D. The second-order valence-electron chi connectivity index (χ2n) is 18.3. The van der Waals surface area contributed by atoms with E-state index in [4.69, 9.17) is 27.8 Å². The fraction of sp³-hybridized carbons (Fsp3) is 0.288. The molecule has 0 bridgehead atoms. The van der Waals surface area contributed by atoms with Crippen LogP contribution in [0.4, 0.5) is 0 Å². The zero-order valence-electron chi connectivity index (χ0n) is 51.4. The Kier molecular flexibility index (Phi) is 7.77. The molecule has 4 heteroatoms. The number of pyridine rings is 1. The quantitative estimate of drug-likeness (QED) is 0.157. The highest BCUT2D eigenvalue weighted by Gasteiger charge is 2.25. The fourth-order valence-corrected chi connectivity index (χ4v) is 8.10. The minimum absolute atomic E-state index is 0.0149. The number of imidazole rings is 1. The van der Waals surface area contributed by atoms with Crippen LogP contribution in [0.5, 0.6) is 5.75 Å². The van der Waals surface area contributed by atoms with Crippen molar-refractivity contribution in [3.8, 4) is 67.5 Å². The first kappa shape index (κ1) is 29.2. The van der Waals surface area contributed by atoms with Gasteiger partial charge in [0.2, 0.25) is 0 Å². The number of hydrogen-bond acceptors (Lipinski definition) is 3. The van der Waals surface area contributed by atoms with E-state index in [2.05, 4.69) is 46.8 Å². The van der Waals surface area contributed by atoms with Crippen LogP contribution >= 0.6 is 0 Å². The summed E-state index contributed by atoms with van der Waals surface area (Å²) in [6.45, 7) is 6.82. The molecule has 8 rings (SSSR count). The van der Waals surface area contributed by atoms with Crippen molar-refractivity contribution in [1.29, 1.82) is 0 Å². The van der Waals surface area contributed by atoms with Gasteiger partial charge in [-0.2, -0.15) is 0 Å². The van der Waals surface area contributed by atoms with Gasteiger partial charge in [-0.1, -0.05) is 168 Å². The Labute approximate surface area is 395 Å². The minimum atomic E-state index is -3.81. The van der Waals surface area contributed by atoms with Crippen molar-refractivity contribution in [2.24, 2.45) is 0 Å². The highest BCUT2D eigenvalue weighted by molar-refractivity contribution is 5.97. The maximum Gasteiger partial charge on any atom is 0.149 e. The van der Waals surface area contributed by atoms with Crippen LogP contribution in [-0.4, -0.2) is 19.6 Å². The Morgan fingerprint density at radius 1 is 0.603 bits per heavy atom. The third-order valence-electron chi connectivity index (χ3n) is 11.7. The minimum Gasteiger partial charge on any atom is -0.507 e. The molecule has 2 heterocycles. The maximum absolute atomic E-state index is 12.3. The van der Waals surface area contributed by atoms with Gasteiger partial charge >= 0.3 is 0 Å². The summed E-state index contributed by atoms with van der Waals surface area (Å²) in [5, 5.41) is 12.3. The summed E-state index contributed by atoms with van der Waals surface area (Å²) in [5.74, 6) is -0.293. The largest absolute Gasteiger partial charge is 0.507 e. The predicted octanol–water partition coefficient (Wildman–Crippen LogP) is 16.4. The van der Waals surface area contributed by atoms with Crippen LogP contribution in [0, 0.1) is 0 Å². The highest BCUT2D eigenvalue weighted by atomic mass is 16.3. The molecule has 8 aromatic rings. The van der Waals surface area contributed by atoms with Crippen LogP contribution in [0.3, 0.4) is 0 Å². The molecule has 0 aliphatic heterocycles. The van der Waals surface area contributed by atoms with Crippen molar-refractivity contribution in [3.05, 3.63) is 167 Å². The van der Waals surface area contributed by atoms with Gasteiger partial charge in [-0.3, -0.25) is 9.55 Å². The van der Waals surface area contributed by atoms with Crippen LogP contribution in [-0.2, 0) is 10.8 Å². The number of phenolic OH excluding ortho intramolecular Hbond substituents is 1. The monoisotopic (exact) mass is 844 g/mol. The van der Waals surface area contributed by atoms with Gasteiger partial charge in [-0.15, -0.1) is 0 Å². The molecule has 0 atom stereocenters. The highest BCUT2D eigenvalue weighted by Crippen LogP contribution is 2.44. The second kappa shape index (κ2) is 16.8. The summed E-state index contributed by atoms with van der Waals surface area (Å²) in [6.07, 6.45) is 1.43. The average molecular weight is 844 g/mol. The van der Waals surface area contributed by atoms with E-state index in [1.165, 1.54) is 12.3 Å². The topological polar surface area (TPSA) is 50.9 Å². The number of aromatic hydroxyl groups is 1. The summed E-state index contributed by atoms with van der Waals surface area (Å²) in [4.78, 5) is 10.2. The van der Waals surface area contributed by atoms with Crippen LogP contribution < -0.4 is 0 Å². The Morgan fingerprint density at radius 2 is 1.33 bits per heavy atom. The van der Waals surface area contributed by atoms with E-state index in [9.17, 15) is 6.48 Å². The molecule has 0 aliphatic rings. The molecule has 0 saturated carbocycles. The molecule has 0 unspecified atom stereocenters. The van der Waals surface area contributed by atoms with E-state index in [0.717, 1.165) is 55.7 Å². The smallest absolute Gasteiger partial charge is 0.149 e. The first-order valence-electron chi connectivity index (χ1n) is 28.4. The molecule has 0 radical (unpaired) electrons. The predicted molar refractivity (Wildman–Crippen MR) is 267 cm³/mol. The van der Waals surface area contributed by atoms with Crippen LogP contribution in [0.15, 0.2) is 140 Å². The summed E-state index contributed by atoms with van der Waals surface area (Å²) in [5.41, 5.74) is 4.90. The van der Waals surface area contributed by atoms with Gasteiger partial charge in [0.25, 0.3) is 0 Å². The molecule has 0 fully saturated rings. The van der Waals surface area contributed by atoms with Gasteiger partial charge in [0.05, 0.1) is 27.8 Å². The number of nitrogens with zero attached hydrogens (tertiary/aromatic N) is 3. The molecule has 63 heavy (non-hydrogen) atoms.